The summed E-state index contributed by atoms with van der Waals surface area (Å²) >= 11 is 0. The predicted molar refractivity (Wildman–Crippen MR) is 119 cm³/mol. The third kappa shape index (κ3) is 4.34. The van der Waals surface area contributed by atoms with Gasteiger partial charge >= 0.3 is 0 Å². The number of ether oxygens (including phenoxy) is 3. The molecule has 0 bridgehead atoms. The van der Waals surface area contributed by atoms with Crippen LogP contribution in [-0.2, 0) is 14.9 Å². The van der Waals surface area contributed by atoms with Gasteiger partial charge in [0, 0.05) is 31.1 Å². The fourth-order valence-corrected chi connectivity index (χ4v) is 4.10. The van der Waals surface area contributed by atoms with Crippen LogP contribution < -0.4 is 21.1 Å². The van der Waals surface area contributed by atoms with Crippen molar-refractivity contribution in [3.63, 3.8) is 0 Å². The first-order valence-electron chi connectivity index (χ1n) is 10.8. The number of hydrogen-bond donors (Lipinski definition) is 3. The minimum atomic E-state index is -0.474. The van der Waals surface area contributed by atoms with Gasteiger partial charge in [0.05, 0.1) is 30.2 Å². The number of hydrogen-bond acceptors (Lipinski definition) is 6. The number of rotatable bonds is 6. The quantitative estimate of drug-likeness (QED) is 0.630. The van der Waals surface area contributed by atoms with Gasteiger partial charge in [0.15, 0.2) is 6.29 Å². The number of nitrogens with two attached hydrogens (primary N) is 1. The highest BCUT2D eigenvalue weighted by atomic mass is 16.7. The lowest BCUT2D eigenvalue weighted by Crippen LogP contribution is -2.42. The smallest absolute Gasteiger partial charge is 0.254 e. The van der Waals surface area contributed by atoms with E-state index in [0.717, 1.165) is 11.1 Å². The van der Waals surface area contributed by atoms with E-state index >= 15 is 0 Å². The summed E-state index contributed by atoms with van der Waals surface area (Å²) in [6, 6.07) is 13.2. The maximum atomic E-state index is 13.0. The molecule has 2 aromatic carbocycles. The molecule has 2 heterocycles. The first-order valence-corrected chi connectivity index (χ1v) is 10.8. The molecule has 0 radical (unpaired) electrons. The van der Waals surface area contributed by atoms with Gasteiger partial charge in [0.1, 0.15) is 12.4 Å². The van der Waals surface area contributed by atoms with Crippen molar-refractivity contribution in [2.24, 2.45) is 5.73 Å². The van der Waals surface area contributed by atoms with Crippen molar-refractivity contribution < 1.29 is 23.8 Å². The fraction of sp³-hybridized carbons (Fsp3) is 0.417. The molecular weight excluding hydrogens is 410 g/mol. The summed E-state index contributed by atoms with van der Waals surface area (Å²) in [5, 5.41) is 5.54. The molecule has 0 aliphatic carbocycles. The zero-order valence-electron chi connectivity index (χ0n) is 18.4. The molecule has 0 saturated carbocycles. The number of amides is 2. The Morgan fingerprint density at radius 3 is 2.53 bits per heavy atom. The van der Waals surface area contributed by atoms with Crippen LogP contribution in [0.15, 0.2) is 42.5 Å². The van der Waals surface area contributed by atoms with Gasteiger partial charge in [-0.2, -0.15) is 0 Å². The highest BCUT2D eigenvalue weighted by Gasteiger charge is 2.40. The standard InChI is InChI=1S/C24H29N3O5/c1-24(16-6-4-3-5-7-16)14-32-21-18(23(29)26-2)10-15(11-19(21)24)22(28)27-9-8-20-30-12-17(25)13-31-20/h3-7,10-11,17,20H,8-9,12-14,25H2,1-2H3,(H,26,29)(H,27,28). The summed E-state index contributed by atoms with van der Waals surface area (Å²) in [4.78, 5) is 25.5. The van der Waals surface area contributed by atoms with Crippen LogP contribution in [0, 0.1) is 0 Å². The average Bonchev–Trinajstić information content (AvgIpc) is 3.17. The molecule has 4 rings (SSSR count). The van der Waals surface area contributed by atoms with Crippen LogP contribution in [-0.4, -0.2) is 57.6 Å². The Morgan fingerprint density at radius 2 is 1.84 bits per heavy atom. The molecule has 170 valence electrons. The summed E-state index contributed by atoms with van der Waals surface area (Å²) < 4.78 is 17.0. The Balaban J connectivity index is 1.57. The Bertz CT molecular complexity index is 989. The number of carbonyl (C=O) groups is 2. The van der Waals surface area contributed by atoms with E-state index < -0.39 is 5.41 Å². The SMILES string of the molecule is CNC(=O)c1cc(C(=O)NCCC2OCC(N)CO2)cc2c1OCC2(C)c1ccccc1. The van der Waals surface area contributed by atoms with Crippen LogP contribution in [0.25, 0.3) is 0 Å². The Kier molecular flexibility index (Phi) is 6.45. The van der Waals surface area contributed by atoms with E-state index in [9.17, 15) is 9.59 Å². The van der Waals surface area contributed by atoms with Crippen LogP contribution in [0.3, 0.4) is 0 Å². The van der Waals surface area contributed by atoms with E-state index in [1.807, 2.05) is 36.4 Å². The second-order valence-electron chi connectivity index (χ2n) is 8.37. The molecule has 2 amide bonds. The third-order valence-electron chi connectivity index (χ3n) is 5.99. The molecule has 8 nitrogen and oxygen atoms in total. The van der Waals surface area contributed by atoms with E-state index in [4.69, 9.17) is 19.9 Å². The minimum absolute atomic E-state index is 0.114. The van der Waals surface area contributed by atoms with Gasteiger partial charge in [-0.05, 0) is 24.6 Å². The van der Waals surface area contributed by atoms with E-state index in [1.54, 1.807) is 13.1 Å². The second kappa shape index (κ2) is 9.28. The van der Waals surface area contributed by atoms with Crippen LogP contribution in [0.2, 0.25) is 0 Å². The van der Waals surface area contributed by atoms with Crippen molar-refractivity contribution in [2.75, 3.05) is 33.4 Å². The highest BCUT2D eigenvalue weighted by Crippen LogP contribution is 2.45. The van der Waals surface area contributed by atoms with Crippen molar-refractivity contribution in [1.29, 1.82) is 0 Å². The van der Waals surface area contributed by atoms with Gasteiger partial charge in [-0.3, -0.25) is 9.59 Å². The van der Waals surface area contributed by atoms with Gasteiger partial charge in [-0.25, -0.2) is 0 Å². The Labute approximate surface area is 187 Å². The highest BCUT2D eigenvalue weighted by molar-refractivity contribution is 6.02. The molecule has 2 aliphatic heterocycles. The first kappa shape index (κ1) is 22.3. The lowest BCUT2D eigenvalue weighted by Gasteiger charge is -2.27. The Morgan fingerprint density at radius 1 is 1.12 bits per heavy atom. The van der Waals surface area contributed by atoms with Crippen molar-refractivity contribution >= 4 is 11.8 Å². The summed E-state index contributed by atoms with van der Waals surface area (Å²) in [5.74, 6) is -0.0473. The van der Waals surface area contributed by atoms with E-state index in [1.165, 1.54) is 0 Å². The fourth-order valence-electron chi connectivity index (χ4n) is 4.10. The maximum absolute atomic E-state index is 13.0. The largest absolute Gasteiger partial charge is 0.491 e. The number of benzene rings is 2. The number of carbonyl (C=O) groups excluding carboxylic acids is 2. The molecule has 32 heavy (non-hydrogen) atoms. The Hall–Kier alpha value is -2.94. The van der Waals surface area contributed by atoms with Crippen LogP contribution >= 0.6 is 0 Å². The van der Waals surface area contributed by atoms with Crippen LogP contribution in [0.1, 0.15) is 45.2 Å². The molecule has 0 aromatic heterocycles. The van der Waals surface area contributed by atoms with Gasteiger partial charge in [0.25, 0.3) is 11.8 Å². The summed E-state index contributed by atoms with van der Waals surface area (Å²) in [7, 11) is 1.56. The third-order valence-corrected chi connectivity index (χ3v) is 5.99. The average molecular weight is 440 g/mol. The monoisotopic (exact) mass is 439 g/mol. The molecule has 4 N–H and O–H groups in total. The molecule has 1 saturated heterocycles. The topological polar surface area (TPSA) is 112 Å². The molecule has 8 heteroatoms. The van der Waals surface area contributed by atoms with Gasteiger partial charge in [0.2, 0.25) is 0 Å². The van der Waals surface area contributed by atoms with Crippen molar-refractivity contribution in [1.82, 2.24) is 10.6 Å². The zero-order chi connectivity index (χ0) is 22.7. The van der Waals surface area contributed by atoms with Gasteiger partial charge < -0.3 is 30.6 Å². The summed E-state index contributed by atoms with van der Waals surface area (Å²) in [6.45, 7) is 3.71. The molecule has 0 spiro atoms. The summed E-state index contributed by atoms with van der Waals surface area (Å²) in [6.07, 6.45) is 0.127. The molecule has 2 aliphatic rings. The molecule has 2 aromatic rings. The van der Waals surface area contributed by atoms with Crippen molar-refractivity contribution in [3.8, 4) is 5.75 Å². The van der Waals surface area contributed by atoms with E-state index in [-0.39, 0.29) is 24.1 Å². The van der Waals surface area contributed by atoms with Crippen molar-refractivity contribution in [2.45, 2.75) is 31.1 Å². The minimum Gasteiger partial charge on any atom is -0.491 e. The molecule has 1 unspecified atom stereocenters. The maximum Gasteiger partial charge on any atom is 0.254 e. The predicted octanol–water partition coefficient (Wildman–Crippen LogP) is 1.56. The molecular formula is C24H29N3O5. The first-order chi connectivity index (χ1) is 15.4. The number of nitrogens with one attached hydrogen (secondary N) is 2. The lowest BCUT2D eigenvalue weighted by atomic mass is 9.77. The lowest BCUT2D eigenvalue weighted by molar-refractivity contribution is -0.186. The molecule has 1 fully saturated rings. The van der Waals surface area contributed by atoms with Gasteiger partial charge in [-0.1, -0.05) is 30.3 Å². The zero-order valence-corrected chi connectivity index (χ0v) is 18.4. The van der Waals surface area contributed by atoms with Crippen LogP contribution in [0.4, 0.5) is 0 Å². The van der Waals surface area contributed by atoms with E-state index in [2.05, 4.69) is 17.6 Å². The molecule has 1 atom stereocenters. The van der Waals surface area contributed by atoms with Gasteiger partial charge in [-0.15, -0.1) is 0 Å². The van der Waals surface area contributed by atoms with Crippen molar-refractivity contribution in [3.05, 3.63) is 64.7 Å². The summed E-state index contributed by atoms with van der Waals surface area (Å²) in [5.41, 5.74) is 7.91. The second-order valence-corrected chi connectivity index (χ2v) is 8.37. The van der Waals surface area contributed by atoms with Crippen LogP contribution in [0.5, 0.6) is 5.75 Å². The van der Waals surface area contributed by atoms with E-state index in [0.29, 0.717) is 49.7 Å². The normalized spacial score (nSPS) is 24.3. The number of fused-ring (bicyclic) bond motifs is 1.